The van der Waals surface area contributed by atoms with Crippen LogP contribution in [0.15, 0.2) is 65.3 Å². The maximum atomic E-state index is 13.0. The van der Waals surface area contributed by atoms with Crippen molar-refractivity contribution < 1.29 is 9.21 Å². The Hall–Kier alpha value is -3.05. The Morgan fingerprint density at radius 1 is 1.22 bits per heavy atom. The van der Waals surface area contributed by atoms with Crippen LogP contribution in [0.2, 0.25) is 5.02 Å². The molecule has 6 heteroatoms. The first-order valence-corrected chi connectivity index (χ1v) is 8.94. The number of furan rings is 1. The van der Waals surface area contributed by atoms with E-state index in [-0.39, 0.29) is 11.7 Å². The molecule has 1 amide bonds. The van der Waals surface area contributed by atoms with Gasteiger partial charge in [0.1, 0.15) is 17.4 Å². The summed E-state index contributed by atoms with van der Waals surface area (Å²) >= 11 is 6.08. The summed E-state index contributed by atoms with van der Waals surface area (Å²) in [4.78, 5) is 17.5. The zero-order valence-corrected chi connectivity index (χ0v) is 15.7. The summed E-state index contributed by atoms with van der Waals surface area (Å²) in [6.07, 6.45) is 3.57. The van der Waals surface area contributed by atoms with Crippen molar-refractivity contribution in [2.45, 2.75) is 13.0 Å². The summed E-state index contributed by atoms with van der Waals surface area (Å²) in [7, 11) is 1.90. The minimum absolute atomic E-state index is 0.280. The Morgan fingerprint density at radius 3 is 2.70 bits per heavy atom. The number of hydrogen-bond acceptors (Lipinski definition) is 3. The Balaban J connectivity index is 1.73. The minimum atomic E-state index is -0.394. The lowest BCUT2D eigenvalue weighted by molar-refractivity contribution is 0.0914. The lowest BCUT2D eigenvalue weighted by Crippen LogP contribution is -2.31. The van der Waals surface area contributed by atoms with Crippen LogP contribution in [0.5, 0.6) is 0 Å². The monoisotopic (exact) mass is 379 g/mol. The summed E-state index contributed by atoms with van der Waals surface area (Å²) in [5, 5.41) is 4.50. The number of aryl methyl sites for hydroxylation is 2. The highest BCUT2D eigenvalue weighted by atomic mass is 35.5. The fraction of sp³-hybridized carbons (Fsp3) is 0.143. The van der Waals surface area contributed by atoms with E-state index in [2.05, 4.69) is 10.3 Å². The fourth-order valence-electron chi connectivity index (χ4n) is 3.20. The first kappa shape index (κ1) is 17.4. The van der Waals surface area contributed by atoms with Crippen LogP contribution < -0.4 is 5.32 Å². The first-order chi connectivity index (χ1) is 13.0. The number of fused-ring (bicyclic) bond motifs is 1. The van der Waals surface area contributed by atoms with Crippen molar-refractivity contribution in [3.05, 3.63) is 88.7 Å². The van der Waals surface area contributed by atoms with Crippen LogP contribution >= 0.6 is 11.6 Å². The second-order valence-electron chi connectivity index (χ2n) is 6.41. The quantitative estimate of drug-likeness (QED) is 0.561. The normalized spacial score (nSPS) is 12.3. The summed E-state index contributed by atoms with van der Waals surface area (Å²) in [5.41, 5.74) is 2.34. The first-order valence-electron chi connectivity index (χ1n) is 8.56. The van der Waals surface area contributed by atoms with Crippen LogP contribution in [0.1, 0.15) is 33.5 Å². The van der Waals surface area contributed by atoms with Crippen molar-refractivity contribution in [3.8, 4) is 0 Å². The lowest BCUT2D eigenvalue weighted by Gasteiger charge is -2.18. The van der Waals surface area contributed by atoms with E-state index in [1.165, 1.54) is 0 Å². The van der Waals surface area contributed by atoms with Gasteiger partial charge in [-0.3, -0.25) is 4.79 Å². The molecular weight excluding hydrogens is 362 g/mol. The molecule has 27 heavy (non-hydrogen) atoms. The summed E-state index contributed by atoms with van der Waals surface area (Å²) < 4.78 is 7.69. The molecule has 0 spiro atoms. The van der Waals surface area contributed by atoms with Crippen LogP contribution in [0.3, 0.4) is 0 Å². The fourth-order valence-corrected chi connectivity index (χ4v) is 3.38. The number of benzene rings is 2. The molecule has 0 bridgehead atoms. The topological polar surface area (TPSA) is 60.1 Å². The summed E-state index contributed by atoms with van der Waals surface area (Å²) in [5.74, 6) is 0.727. The molecule has 0 aliphatic rings. The van der Waals surface area contributed by atoms with Crippen LogP contribution in [-0.2, 0) is 7.05 Å². The Kier molecular flexibility index (Phi) is 4.46. The second-order valence-corrected chi connectivity index (χ2v) is 6.85. The molecule has 2 aromatic carbocycles. The molecule has 2 aromatic heterocycles. The van der Waals surface area contributed by atoms with E-state index in [1.54, 1.807) is 24.4 Å². The lowest BCUT2D eigenvalue weighted by atomic mass is 10.1. The van der Waals surface area contributed by atoms with Crippen molar-refractivity contribution in [1.82, 2.24) is 14.9 Å². The Morgan fingerprint density at radius 2 is 2.00 bits per heavy atom. The van der Waals surface area contributed by atoms with Gasteiger partial charge in [-0.2, -0.15) is 0 Å². The van der Waals surface area contributed by atoms with Gasteiger partial charge in [0.25, 0.3) is 5.91 Å². The minimum Gasteiger partial charge on any atom is -0.451 e. The maximum absolute atomic E-state index is 13.0. The third kappa shape index (κ3) is 3.22. The molecular formula is C21H18ClN3O2. The van der Waals surface area contributed by atoms with Gasteiger partial charge in [-0.25, -0.2) is 4.98 Å². The van der Waals surface area contributed by atoms with E-state index in [0.717, 1.165) is 22.3 Å². The highest BCUT2D eigenvalue weighted by Crippen LogP contribution is 2.29. The number of imidazole rings is 1. The number of amides is 1. The molecule has 0 aliphatic heterocycles. The Bertz CT molecular complexity index is 1120. The third-order valence-corrected chi connectivity index (χ3v) is 4.86. The van der Waals surface area contributed by atoms with Gasteiger partial charge in [-0.1, -0.05) is 41.9 Å². The van der Waals surface area contributed by atoms with Crippen molar-refractivity contribution in [2.24, 2.45) is 7.05 Å². The summed E-state index contributed by atoms with van der Waals surface area (Å²) in [6, 6.07) is 14.7. The SMILES string of the molecule is Cc1c(C(=O)N[C@@H](c2ccccc2)c2nccn2C)oc2ccc(Cl)cc12. The van der Waals surface area contributed by atoms with E-state index in [4.69, 9.17) is 16.0 Å². The molecule has 5 nitrogen and oxygen atoms in total. The molecule has 0 unspecified atom stereocenters. The van der Waals surface area contributed by atoms with E-state index in [9.17, 15) is 4.79 Å². The van der Waals surface area contributed by atoms with Crippen LogP contribution in [-0.4, -0.2) is 15.5 Å². The van der Waals surface area contributed by atoms with Crippen LogP contribution in [0, 0.1) is 6.92 Å². The molecule has 0 saturated heterocycles. The summed E-state index contributed by atoms with van der Waals surface area (Å²) in [6.45, 7) is 1.86. The van der Waals surface area contributed by atoms with Gasteiger partial charge in [-0.15, -0.1) is 0 Å². The van der Waals surface area contributed by atoms with Gasteiger partial charge in [-0.05, 0) is 30.7 Å². The maximum Gasteiger partial charge on any atom is 0.288 e. The average Bonchev–Trinajstić information content (AvgIpc) is 3.24. The Labute approximate surface area is 161 Å². The van der Waals surface area contributed by atoms with E-state index >= 15 is 0 Å². The molecule has 136 valence electrons. The van der Waals surface area contributed by atoms with Gasteiger partial charge in [0.2, 0.25) is 0 Å². The van der Waals surface area contributed by atoms with Crippen molar-refractivity contribution in [3.63, 3.8) is 0 Å². The van der Waals surface area contributed by atoms with Crippen LogP contribution in [0.25, 0.3) is 11.0 Å². The number of nitrogens with zero attached hydrogens (tertiary/aromatic N) is 2. The number of rotatable bonds is 4. The van der Waals surface area contributed by atoms with E-state index in [1.807, 2.05) is 55.1 Å². The molecule has 1 N–H and O–H groups in total. The molecule has 4 aromatic rings. The van der Waals surface area contributed by atoms with Gasteiger partial charge < -0.3 is 14.3 Å². The predicted octanol–water partition coefficient (Wildman–Crippen LogP) is 4.65. The number of aromatic nitrogens is 2. The zero-order valence-electron chi connectivity index (χ0n) is 14.9. The smallest absolute Gasteiger partial charge is 0.288 e. The standard InChI is InChI=1S/C21H18ClN3O2/c1-13-16-12-15(22)8-9-17(16)27-19(13)21(26)24-18(14-6-4-3-5-7-14)20-23-10-11-25(20)2/h3-12,18H,1-2H3,(H,24,26)/t18-/m0/s1. The number of halogens is 1. The second kappa shape index (κ2) is 6.93. The van der Waals surface area contributed by atoms with Crippen molar-refractivity contribution in [2.75, 3.05) is 0 Å². The third-order valence-electron chi connectivity index (χ3n) is 4.63. The van der Waals surface area contributed by atoms with Gasteiger partial charge in [0.15, 0.2) is 5.76 Å². The predicted molar refractivity (Wildman–Crippen MR) is 105 cm³/mol. The van der Waals surface area contributed by atoms with Crippen molar-refractivity contribution >= 4 is 28.5 Å². The average molecular weight is 380 g/mol. The largest absolute Gasteiger partial charge is 0.451 e. The molecule has 0 fully saturated rings. The van der Waals surface area contributed by atoms with Crippen molar-refractivity contribution in [1.29, 1.82) is 0 Å². The molecule has 0 aliphatic carbocycles. The number of carbonyl (C=O) groups excluding carboxylic acids is 1. The van der Waals surface area contributed by atoms with E-state index in [0.29, 0.717) is 10.6 Å². The van der Waals surface area contributed by atoms with Gasteiger partial charge >= 0.3 is 0 Å². The van der Waals surface area contributed by atoms with E-state index < -0.39 is 6.04 Å². The number of carbonyl (C=O) groups is 1. The molecule has 2 heterocycles. The van der Waals surface area contributed by atoms with Gasteiger partial charge in [0.05, 0.1) is 0 Å². The molecule has 4 rings (SSSR count). The highest BCUT2D eigenvalue weighted by molar-refractivity contribution is 6.31. The molecule has 0 radical (unpaired) electrons. The van der Waals surface area contributed by atoms with Gasteiger partial charge in [0, 0.05) is 35.4 Å². The highest BCUT2D eigenvalue weighted by Gasteiger charge is 2.25. The zero-order chi connectivity index (χ0) is 19.0. The number of hydrogen-bond donors (Lipinski definition) is 1. The number of nitrogens with one attached hydrogen (secondary N) is 1. The molecule has 0 saturated carbocycles. The molecule has 1 atom stereocenters. The van der Waals surface area contributed by atoms with Crippen LogP contribution in [0.4, 0.5) is 0 Å².